The summed E-state index contributed by atoms with van der Waals surface area (Å²) in [5, 5.41) is 10.6. The standard InChI is InChI=1S/C10H10ClNO3/c11-9-5-3-8(4-6-9)10(13)2-1-7-12(14)15/h3-6H,1-2,7H2. The van der Waals surface area contributed by atoms with E-state index in [-0.39, 0.29) is 25.2 Å². The molecule has 0 fully saturated rings. The molecule has 4 nitrogen and oxygen atoms in total. The van der Waals surface area contributed by atoms with E-state index in [0.29, 0.717) is 10.6 Å². The highest BCUT2D eigenvalue weighted by Crippen LogP contribution is 2.11. The van der Waals surface area contributed by atoms with Gasteiger partial charge in [-0.15, -0.1) is 0 Å². The van der Waals surface area contributed by atoms with E-state index in [1.54, 1.807) is 24.3 Å². The maximum absolute atomic E-state index is 11.5. The summed E-state index contributed by atoms with van der Waals surface area (Å²) in [6.07, 6.45) is 0.469. The Bertz CT molecular complexity index is 361. The van der Waals surface area contributed by atoms with Crippen LogP contribution in [-0.4, -0.2) is 17.3 Å². The molecule has 0 aliphatic carbocycles. The average molecular weight is 228 g/mol. The van der Waals surface area contributed by atoms with Gasteiger partial charge >= 0.3 is 0 Å². The molecule has 0 N–H and O–H groups in total. The first kappa shape index (κ1) is 11.7. The Balaban J connectivity index is 2.47. The summed E-state index contributed by atoms with van der Waals surface area (Å²) in [6, 6.07) is 6.50. The van der Waals surface area contributed by atoms with Crippen LogP contribution < -0.4 is 0 Å². The Morgan fingerprint density at radius 1 is 1.33 bits per heavy atom. The van der Waals surface area contributed by atoms with Gasteiger partial charge in [-0.3, -0.25) is 14.9 Å². The Labute approximate surface area is 92.0 Å². The third-order valence-electron chi connectivity index (χ3n) is 1.91. The zero-order chi connectivity index (χ0) is 11.3. The minimum atomic E-state index is -0.421. The second-order valence-electron chi connectivity index (χ2n) is 3.09. The number of benzene rings is 1. The van der Waals surface area contributed by atoms with Crippen molar-refractivity contribution >= 4 is 17.4 Å². The van der Waals surface area contributed by atoms with Gasteiger partial charge in [0.15, 0.2) is 5.78 Å². The molecule has 15 heavy (non-hydrogen) atoms. The topological polar surface area (TPSA) is 60.2 Å². The normalized spacial score (nSPS) is 9.93. The summed E-state index contributed by atoms with van der Waals surface area (Å²) < 4.78 is 0. The molecule has 1 aromatic carbocycles. The molecule has 80 valence electrons. The summed E-state index contributed by atoms with van der Waals surface area (Å²) in [5.41, 5.74) is 0.544. The zero-order valence-electron chi connectivity index (χ0n) is 7.98. The quantitative estimate of drug-likeness (QED) is 0.441. The van der Waals surface area contributed by atoms with Crippen molar-refractivity contribution in [1.82, 2.24) is 0 Å². The van der Waals surface area contributed by atoms with Crippen molar-refractivity contribution in [2.75, 3.05) is 6.54 Å². The van der Waals surface area contributed by atoms with E-state index in [1.165, 1.54) is 0 Å². The molecule has 5 heteroatoms. The van der Waals surface area contributed by atoms with E-state index >= 15 is 0 Å². The molecule has 0 saturated heterocycles. The fourth-order valence-corrected chi connectivity index (χ4v) is 1.27. The van der Waals surface area contributed by atoms with Crippen molar-refractivity contribution in [1.29, 1.82) is 0 Å². The third kappa shape index (κ3) is 4.08. The van der Waals surface area contributed by atoms with E-state index < -0.39 is 4.92 Å². The van der Waals surface area contributed by atoms with Crippen molar-refractivity contribution < 1.29 is 9.72 Å². The highest BCUT2D eigenvalue weighted by Gasteiger charge is 2.07. The van der Waals surface area contributed by atoms with Gasteiger partial charge in [-0.2, -0.15) is 0 Å². The number of ketones is 1. The summed E-state index contributed by atoms with van der Waals surface area (Å²) in [6.45, 7) is -0.167. The maximum atomic E-state index is 11.5. The minimum Gasteiger partial charge on any atom is -0.294 e. The van der Waals surface area contributed by atoms with Gasteiger partial charge in [0.25, 0.3) is 0 Å². The summed E-state index contributed by atoms with van der Waals surface area (Å²) in [5.74, 6) is -0.0893. The molecule has 0 aliphatic rings. The van der Waals surface area contributed by atoms with Gasteiger partial charge in [0.05, 0.1) is 0 Å². The van der Waals surface area contributed by atoms with Gasteiger partial charge in [-0.1, -0.05) is 11.6 Å². The SMILES string of the molecule is O=C(CCC[N+](=O)[O-])c1ccc(Cl)cc1. The van der Waals surface area contributed by atoms with Crippen molar-refractivity contribution in [3.63, 3.8) is 0 Å². The van der Waals surface area contributed by atoms with Crippen LogP contribution in [0.25, 0.3) is 0 Å². The predicted molar refractivity (Wildman–Crippen MR) is 56.9 cm³/mol. The lowest BCUT2D eigenvalue weighted by molar-refractivity contribution is -0.480. The van der Waals surface area contributed by atoms with Gasteiger partial charge in [0.2, 0.25) is 6.54 Å². The molecular formula is C10H10ClNO3. The number of carbonyl (C=O) groups is 1. The maximum Gasteiger partial charge on any atom is 0.204 e. The smallest absolute Gasteiger partial charge is 0.204 e. The van der Waals surface area contributed by atoms with Crippen LogP contribution in [0.1, 0.15) is 23.2 Å². The summed E-state index contributed by atoms with van der Waals surface area (Å²) >= 11 is 5.66. The number of Topliss-reactive ketones (excluding diaryl/α,β-unsaturated/α-hetero) is 1. The highest BCUT2D eigenvalue weighted by atomic mass is 35.5. The largest absolute Gasteiger partial charge is 0.294 e. The molecule has 0 radical (unpaired) electrons. The molecule has 1 rings (SSSR count). The molecule has 0 saturated carbocycles. The number of carbonyl (C=O) groups excluding carboxylic acids is 1. The molecule has 0 spiro atoms. The second kappa shape index (κ2) is 5.46. The molecule has 1 aromatic rings. The predicted octanol–water partition coefficient (Wildman–Crippen LogP) is 2.58. The number of hydrogen-bond donors (Lipinski definition) is 0. The Hall–Kier alpha value is -1.42. The van der Waals surface area contributed by atoms with Crippen molar-refractivity contribution in [3.8, 4) is 0 Å². The molecule has 0 aromatic heterocycles. The third-order valence-corrected chi connectivity index (χ3v) is 2.16. The number of nitro groups is 1. The lowest BCUT2D eigenvalue weighted by Crippen LogP contribution is -2.05. The first-order valence-corrected chi connectivity index (χ1v) is 4.88. The lowest BCUT2D eigenvalue weighted by atomic mass is 10.1. The highest BCUT2D eigenvalue weighted by molar-refractivity contribution is 6.30. The first-order valence-electron chi connectivity index (χ1n) is 4.50. The molecule has 0 unspecified atom stereocenters. The fourth-order valence-electron chi connectivity index (χ4n) is 1.15. The van der Waals surface area contributed by atoms with Crippen LogP contribution in [0.5, 0.6) is 0 Å². The van der Waals surface area contributed by atoms with Gasteiger partial charge in [-0.05, 0) is 24.3 Å². The van der Waals surface area contributed by atoms with Gasteiger partial charge in [0.1, 0.15) is 0 Å². The molecule has 0 bridgehead atoms. The van der Waals surface area contributed by atoms with E-state index in [1.807, 2.05) is 0 Å². The van der Waals surface area contributed by atoms with Gasteiger partial charge < -0.3 is 0 Å². The van der Waals surface area contributed by atoms with Gasteiger partial charge in [-0.25, -0.2) is 0 Å². The number of halogens is 1. The Kier molecular flexibility index (Phi) is 4.24. The van der Waals surface area contributed by atoms with Crippen LogP contribution in [0.15, 0.2) is 24.3 Å². The van der Waals surface area contributed by atoms with Crippen molar-refractivity contribution in [2.45, 2.75) is 12.8 Å². The minimum absolute atomic E-state index is 0.0893. The van der Waals surface area contributed by atoms with Crippen LogP contribution in [0.4, 0.5) is 0 Å². The monoisotopic (exact) mass is 227 g/mol. The lowest BCUT2D eigenvalue weighted by Gasteiger charge is -1.98. The van der Waals surface area contributed by atoms with Crippen molar-refractivity contribution in [2.24, 2.45) is 0 Å². The van der Waals surface area contributed by atoms with Crippen LogP contribution in [0, 0.1) is 10.1 Å². The molecule has 0 atom stereocenters. The van der Waals surface area contributed by atoms with Crippen LogP contribution in [0.3, 0.4) is 0 Å². The molecular weight excluding hydrogens is 218 g/mol. The van der Waals surface area contributed by atoms with E-state index in [0.717, 1.165) is 0 Å². The average Bonchev–Trinajstić information content (AvgIpc) is 2.18. The molecule has 0 heterocycles. The van der Waals surface area contributed by atoms with E-state index in [2.05, 4.69) is 0 Å². The van der Waals surface area contributed by atoms with Crippen molar-refractivity contribution in [3.05, 3.63) is 45.0 Å². The van der Waals surface area contributed by atoms with Crippen LogP contribution in [0.2, 0.25) is 5.02 Å². The zero-order valence-corrected chi connectivity index (χ0v) is 8.74. The number of nitrogens with zero attached hydrogens (tertiary/aromatic N) is 1. The van der Waals surface area contributed by atoms with Gasteiger partial charge in [0, 0.05) is 28.4 Å². The van der Waals surface area contributed by atoms with Crippen LogP contribution >= 0.6 is 11.6 Å². The number of rotatable bonds is 5. The summed E-state index contributed by atoms with van der Waals surface area (Å²) in [4.78, 5) is 21.1. The second-order valence-corrected chi connectivity index (χ2v) is 3.53. The summed E-state index contributed by atoms with van der Waals surface area (Å²) in [7, 11) is 0. The molecule has 0 amide bonds. The van der Waals surface area contributed by atoms with E-state index in [4.69, 9.17) is 11.6 Å². The molecule has 0 aliphatic heterocycles. The Morgan fingerprint density at radius 2 is 1.93 bits per heavy atom. The number of hydrogen-bond acceptors (Lipinski definition) is 3. The van der Waals surface area contributed by atoms with Crippen LogP contribution in [-0.2, 0) is 0 Å². The Morgan fingerprint density at radius 3 is 2.47 bits per heavy atom. The first-order chi connectivity index (χ1) is 7.09. The fraction of sp³-hybridized carbons (Fsp3) is 0.300. The van der Waals surface area contributed by atoms with E-state index in [9.17, 15) is 14.9 Å².